The lowest BCUT2D eigenvalue weighted by Gasteiger charge is -2.08. The van der Waals surface area contributed by atoms with Crippen molar-refractivity contribution in [3.05, 3.63) is 51.7 Å². The van der Waals surface area contributed by atoms with Crippen molar-refractivity contribution >= 4 is 33.7 Å². The third-order valence-corrected chi connectivity index (χ3v) is 4.52. The molecule has 3 aromatic heterocycles. The maximum Gasteiger partial charge on any atom is 0.328 e. The number of imidazole rings is 1. The molecule has 4 aromatic rings. The van der Waals surface area contributed by atoms with Gasteiger partial charge in [0.25, 0.3) is 11.6 Å². The second-order valence-corrected chi connectivity index (χ2v) is 6.32. The molecule has 1 amide bonds. The van der Waals surface area contributed by atoms with Crippen molar-refractivity contribution < 1.29 is 9.32 Å². The number of nitrogens with zero attached hydrogens (tertiary/aromatic N) is 4. The molecule has 3 heterocycles. The maximum atomic E-state index is 12.8. The molecule has 0 bridgehead atoms. The largest absolute Gasteiger partial charge is 0.336 e. The molecule has 0 spiro atoms. The summed E-state index contributed by atoms with van der Waals surface area (Å²) in [4.78, 5) is 29.2. The quantitative estimate of drug-likeness (QED) is 0.598. The first-order valence-corrected chi connectivity index (χ1v) is 8.07. The normalized spacial score (nSPS) is 11.4. The van der Waals surface area contributed by atoms with E-state index in [9.17, 15) is 9.59 Å². The molecular weight excluding hydrogens is 334 g/mol. The second-order valence-electron chi connectivity index (χ2n) is 6.32. The van der Waals surface area contributed by atoms with Crippen LogP contribution in [0, 0.1) is 13.8 Å². The van der Waals surface area contributed by atoms with Gasteiger partial charge in [0.2, 0.25) is 0 Å². The zero-order chi connectivity index (χ0) is 18.6. The number of aromatic nitrogens is 4. The fourth-order valence-electron chi connectivity index (χ4n) is 3.18. The molecule has 0 fully saturated rings. The van der Waals surface area contributed by atoms with E-state index in [1.807, 2.05) is 6.07 Å². The number of carbonyl (C=O) groups is 1. The van der Waals surface area contributed by atoms with E-state index in [1.54, 1.807) is 55.3 Å². The van der Waals surface area contributed by atoms with Crippen LogP contribution in [0.4, 0.5) is 5.69 Å². The van der Waals surface area contributed by atoms with Crippen LogP contribution in [0.1, 0.15) is 21.7 Å². The van der Waals surface area contributed by atoms with Crippen molar-refractivity contribution in [1.82, 2.24) is 19.3 Å². The lowest BCUT2D eigenvalue weighted by Crippen LogP contribution is -2.19. The van der Waals surface area contributed by atoms with Gasteiger partial charge in [-0.05, 0) is 38.1 Å². The third kappa shape index (κ3) is 2.30. The number of rotatable bonds is 2. The van der Waals surface area contributed by atoms with E-state index in [2.05, 4.69) is 15.5 Å². The van der Waals surface area contributed by atoms with Crippen LogP contribution in [0.3, 0.4) is 0 Å². The Morgan fingerprint density at radius 2 is 1.85 bits per heavy atom. The summed E-state index contributed by atoms with van der Waals surface area (Å²) in [5.41, 5.74) is 4.09. The standard InChI is InChI=1S/C18H17N5O3/c1-9-7-12(15-10(2)21-26-17(15)19-9)16(24)20-11-5-6-13-14(8-11)23(4)18(25)22(13)3/h5-8H,1-4H3,(H,20,24). The van der Waals surface area contributed by atoms with Gasteiger partial charge in [-0.3, -0.25) is 13.9 Å². The molecule has 1 aromatic carbocycles. The van der Waals surface area contributed by atoms with Crippen LogP contribution in [0.2, 0.25) is 0 Å². The molecule has 1 N–H and O–H groups in total. The molecule has 0 unspecified atom stereocenters. The van der Waals surface area contributed by atoms with Crippen molar-refractivity contribution in [2.24, 2.45) is 14.1 Å². The van der Waals surface area contributed by atoms with Gasteiger partial charge in [0.1, 0.15) is 0 Å². The minimum Gasteiger partial charge on any atom is -0.336 e. The van der Waals surface area contributed by atoms with E-state index >= 15 is 0 Å². The smallest absolute Gasteiger partial charge is 0.328 e. The van der Waals surface area contributed by atoms with Crippen molar-refractivity contribution in [1.29, 1.82) is 0 Å². The Hall–Kier alpha value is -3.42. The van der Waals surface area contributed by atoms with Gasteiger partial charge in [-0.15, -0.1) is 0 Å². The summed E-state index contributed by atoms with van der Waals surface area (Å²) in [6, 6.07) is 7.06. The Morgan fingerprint density at radius 1 is 1.12 bits per heavy atom. The topological polar surface area (TPSA) is 95.0 Å². The number of anilines is 1. The number of benzene rings is 1. The fourth-order valence-corrected chi connectivity index (χ4v) is 3.18. The maximum absolute atomic E-state index is 12.8. The number of amides is 1. The zero-order valence-corrected chi connectivity index (χ0v) is 14.8. The highest BCUT2D eigenvalue weighted by Crippen LogP contribution is 2.24. The van der Waals surface area contributed by atoms with Crippen LogP contribution in [0.5, 0.6) is 0 Å². The molecule has 0 aliphatic carbocycles. The van der Waals surface area contributed by atoms with Crippen LogP contribution in [-0.2, 0) is 14.1 Å². The van der Waals surface area contributed by atoms with Gasteiger partial charge in [-0.2, -0.15) is 0 Å². The summed E-state index contributed by atoms with van der Waals surface area (Å²) >= 11 is 0. The van der Waals surface area contributed by atoms with E-state index in [1.165, 1.54) is 0 Å². The Labute approximate surface area is 148 Å². The van der Waals surface area contributed by atoms with E-state index in [0.717, 1.165) is 11.0 Å². The average Bonchev–Trinajstić information content (AvgIpc) is 3.08. The molecule has 0 saturated carbocycles. The van der Waals surface area contributed by atoms with Gasteiger partial charge < -0.3 is 9.84 Å². The molecule has 0 saturated heterocycles. The summed E-state index contributed by atoms with van der Waals surface area (Å²) in [5.74, 6) is -0.285. The van der Waals surface area contributed by atoms with Gasteiger partial charge in [0, 0.05) is 25.5 Å². The number of aryl methyl sites for hydroxylation is 4. The van der Waals surface area contributed by atoms with Crippen molar-refractivity contribution in [3.8, 4) is 0 Å². The van der Waals surface area contributed by atoms with Crippen molar-refractivity contribution in [3.63, 3.8) is 0 Å². The molecular formula is C18H17N5O3. The number of carbonyl (C=O) groups excluding carboxylic acids is 1. The van der Waals surface area contributed by atoms with Crippen molar-refractivity contribution in [2.75, 3.05) is 5.32 Å². The molecule has 0 aliphatic heterocycles. The Morgan fingerprint density at radius 3 is 2.62 bits per heavy atom. The van der Waals surface area contributed by atoms with Gasteiger partial charge in [-0.25, -0.2) is 9.78 Å². The molecule has 26 heavy (non-hydrogen) atoms. The molecule has 132 valence electrons. The van der Waals surface area contributed by atoms with Crippen LogP contribution < -0.4 is 11.0 Å². The lowest BCUT2D eigenvalue weighted by atomic mass is 10.1. The number of pyridine rings is 1. The number of hydrogen-bond acceptors (Lipinski definition) is 5. The highest BCUT2D eigenvalue weighted by Gasteiger charge is 2.18. The van der Waals surface area contributed by atoms with Crippen LogP contribution in [0.25, 0.3) is 22.1 Å². The van der Waals surface area contributed by atoms with Crippen molar-refractivity contribution in [2.45, 2.75) is 13.8 Å². The van der Waals surface area contributed by atoms with E-state index in [0.29, 0.717) is 33.7 Å². The Bertz CT molecular complexity index is 1250. The van der Waals surface area contributed by atoms with E-state index in [4.69, 9.17) is 4.52 Å². The monoisotopic (exact) mass is 351 g/mol. The van der Waals surface area contributed by atoms with Gasteiger partial charge >= 0.3 is 5.69 Å². The summed E-state index contributed by atoms with van der Waals surface area (Å²) < 4.78 is 8.29. The SMILES string of the molecule is Cc1cc(C(=O)Nc2ccc3c(c2)n(C)c(=O)n3C)c2c(C)noc2n1. The minimum absolute atomic E-state index is 0.116. The number of nitrogens with one attached hydrogen (secondary N) is 1. The molecule has 8 nitrogen and oxygen atoms in total. The first-order valence-electron chi connectivity index (χ1n) is 8.07. The Kier molecular flexibility index (Phi) is 3.43. The molecule has 8 heteroatoms. The highest BCUT2D eigenvalue weighted by molar-refractivity contribution is 6.12. The highest BCUT2D eigenvalue weighted by atomic mass is 16.5. The molecule has 0 radical (unpaired) electrons. The first kappa shape index (κ1) is 16.1. The Balaban J connectivity index is 1.77. The predicted octanol–water partition coefficient (Wildman–Crippen LogP) is 2.28. The van der Waals surface area contributed by atoms with Crippen LogP contribution in [-0.4, -0.2) is 25.2 Å². The minimum atomic E-state index is -0.285. The molecule has 4 rings (SSSR count). The second kappa shape index (κ2) is 5.55. The first-order chi connectivity index (χ1) is 12.4. The number of fused-ring (bicyclic) bond motifs is 2. The number of hydrogen-bond donors (Lipinski definition) is 1. The van der Waals surface area contributed by atoms with Gasteiger partial charge in [-0.1, -0.05) is 5.16 Å². The fraction of sp³-hybridized carbons (Fsp3) is 0.222. The average molecular weight is 351 g/mol. The van der Waals surface area contributed by atoms with Crippen LogP contribution >= 0.6 is 0 Å². The lowest BCUT2D eigenvalue weighted by molar-refractivity contribution is 0.102. The summed E-state index contributed by atoms with van der Waals surface area (Å²) in [6.07, 6.45) is 0. The molecule has 0 aliphatic rings. The zero-order valence-electron chi connectivity index (χ0n) is 14.8. The summed E-state index contributed by atoms with van der Waals surface area (Å²) in [6.45, 7) is 3.56. The van der Waals surface area contributed by atoms with E-state index in [-0.39, 0.29) is 11.6 Å². The third-order valence-electron chi connectivity index (χ3n) is 4.52. The van der Waals surface area contributed by atoms with Crippen LogP contribution in [0.15, 0.2) is 33.6 Å². The van der Waals surface area contributed by atoms with E-state index < -0.39 is 0 Å². The summed E-state index contributed by atoms with van der Waals surface area (Å²) in [7, 11) is 3.42. The predicted molar refractivity (Wildman–Crippen MR) is 97.4 cm³/mol. The van der Waals surface area contributed by atoms with Gasteiger partial charge in [0.15, 0.2) is 0 Å². The summed E-state index contributed by atoms with van der Waals surface area (Å²) in [5, 5.41) is 7.37. The van der Waals surface area contributed by atoms with Gasteiger partial charge in [0.05, 0.1) is 27.7 Å². The molecule has 0 atom stereocenters.